The summed E-state index contributed by atoms with van der Waals surface area (Å²) >= 11 is 0. The molecule has 0 aliphatic carbocycles. The van der Waals surface area contributed by atoms with Gasteiger partial charge < -0.3 is 19.1 Å². The second-order valence-corrected chi connectivity index (χ2v) is 24.6. The molecule has 2 rings (SSSR count). The zero-order chi connectivity index (χ0) is 32.6. The van der Waals surface area contributed by atoms with Gasteiger partial charge in [0.15, 0.2) is 16.6 Å². The van der Waals surface area contributed by atoms with Gasteiger partial charge in [0.25, 0.3) is 0 Å². The zero-order valence-electron chi connectivity index (χ0n) is 28.8. The number of aliphatic hydroxyl groups is 1. The number of carboxylic acids is 1. The molecule has 0 bridgehead atoms. The molecule has 0 spiro atoms. The first-order valence-electron chi connectivity index (χ1n) is 16.1. The van der Waals surface area contributed by atoms with Gasteiger partial charge in [0.1, 0.15) is 0 Å². The summed E-state index contributed by atoms with van der Waals surface area (Å²) in [6.07, 6.45) is 7.82. The minimum Gasteiger partial charge on any atom is -0.481 e. The molecule has 8 heteroatoms. The van der Waals surface area contributed by atoms with Crippen LogP contribution in [-0.2, 0) is 13.6 Å². The van der Waals surface area contributed by atoms with E-state index < -0.39 is 28.7 Å². The Kier molecular flexibility index (Phi) is 13.4. The van der Waals surface area contributed by atoms with Crippen molar-refractivity contribution in [3.8, 4) is 0 Å². The number of hydrogen-bond donors (Lipinski definition) is 2. The van der Waals surface area contributed by atoms with Gasteiger partial charge >= 0.3 is 5.97 Å². The number of fused-ring (bicyclic) bond motifs is 1. The Morgan fingerprint density at radius 2 is 1.53 bits per heavy atom. The molecule has 0 saturated heterocycles. The molecule has 6 nitrogen and oxygen atoms in total. The highest BCUT2D eigenvalue weighted by atomic mass is 28.4. The summed E-state index contributed by atoms with van der Waals surface area (Å²) in [5.41, 5.74) is 1.48. The van der Waals surface area contributed by atoms with Crippen molar-refractivity contribution in [2.24, 2.45) is 0 Å². The zero-order valence-corrected chi connectivity index (χ0v) is 30.8. The lowest BCUT2D eigenvalue weighted by Gasteiger charge is -2.44. The molecule has 1 heterocycles. The van der Waals surface area contributed by atoms with Crippen LogP contribution in [0.5, 0.6) is 0 Å². The maximum atomic E-state index is 11.4. The molecular formula is C35H59NO5Si2. The number of benzene rings is 1. The second kappa shape index (κ2) is 15.4. The largest absolute Gasteiger partial charge is 0.481 e. The van der Waals surface area contributed by atoms with Crippen molar-refractivity contribution in [3.63, 3.8) is 0 Å². The maximum Gasteiger partial charge on any atom is 0.303 e. The van der Waals surface area contributed by atoms with Crippen LogP contribution in [0.2, 0.25) is 36.3 Å². The Balaban J connectivity index is 2.60. The van der Waals surface area contributed by atoms with Crippen LogP contribution in [0.1, 0.15) is 111 Å². The second-order valence-electron chi connectivity index (χ2n) is 15.1. The van der Waals surface area contributed by atoms with Gasteiger partial charge in [-0.3, -0.25) is 9.78 Å². The molecule has 2 unspecified atom stereocenters. The number of rotatable bonds is 16. The Morgan fingerprint density at radius 1 is 0.930 bits per heavy atom. The number of pyridine rings is 1. The molecule has 2 N–H and O–H groups in total. The van der Waals surface area contributed by atoms with Gasteiger partial charge in [-0.25, -0.2) is 0 Å². The van der Waals surface area contributed by atoms with Gasteiger partial charge in [0.2, 0.25) is 0 Å². The van der Waals surface area contributed by atoms with Gasteiger partial charge in [0, 0.05) is 11.8 Å². The van der Waals surface area contributed by atoms with Gasteiger partial charge in [-0.2, -0.15) is 0 Å². The highest BCUT2D eigenvalue weighted by Gasteiger charge is 2.44. The van der Waals surface area contributed by atoms with Crippen LogP contribution in [0.15, 0.2) is 36.4 Å². The summed E-state index contributed by atoms with van der Waals surface area (Å²) in [4.78, 5) is 16.4. The van der Waals surface area contributed by atoms with Crippen LogP contribution < -0.4 is 0 Å². The number of unbranched alkanes of at least 4 members (excludes halogenated alkanes) is 2. The lowest BCUT2D eigenvalue weighted by atomic mass is 10.0. The number of aromatic nitrogens is 1. The van der Waals surface area contributed by atoms with Crippen LogP contribution >= 0.6 is 0 Å². The molecule has 3 atom stereocenters. The molecule has 242 valence electrons. The van der Waals surface area contributed by atoms with E-state index in [0.29, 0.717) is 25.0 Å². The molecule has 0 fully saturated rings. The van der Waals surface area contributed by atoms with E-state index in [0.717, 1.165) is 35.7 Å². The Bertz CT molecular complexity index is 1210. The minimum atomic E-state index is -2.23. The number of nitrogens with zero attached hydrogens (tertiary/aromatic N) is 1. The smallest absolute Gasteiger partial charge is 0.303 e. The van der Waals surface area contributed by atoms with E-state index in [1.807, 2.05) is 24.3 Å². The van der Waals surface area contributed by atoms with E-state index in [-0.39, 0.29) is 28.7 Å². The first-order chi connectivity index (χ1) is 19.8. The quantitative estimate of drug-likeness (QED) is 0.142. The van der Waals surface area contributed by atoms with E-state index in [9.17, 15) is 15.0 Å². The fourth-order valence-electron chi connectivity index (χ4n) is 4.56. The third-order valence-corrected chi connectivity index (χ3v) is 18.4. The van der Waals surface area contributed by atoms with E-state index >= 15 is 0 Å². The Morgan fingerprint density at radius 3 is 2.12 bits per heavy atom. The van der Waals surface area contributed by atoms with Crippen LogP contribution in [0, 0.1) is 0 Å². The molecule has 0 aliphatic rings. The van der Waals surface area contributed by atoms with Crippen molar-refractivity contribution >= 4 is 39.5 Å². The van der Waals surface area contributed by atoms with E-state index in [1.54, 1.807) is 0 Å². The molecule has 0 aliphatic heterocycles. The number of hydrogen-bond acceptors (Lipinski definition) is 5. The third-order valence-electron chi connectivity index (χ3n) is 9.38. The Labute approximate surface area is 263 Å². The fraction of sp³-hybridized carbons (Fsp3) is 0.657. The summed E-state index contributed by atoms with van der Waals surface area (Å²) in [6.45, 7) is 24.5. The maximum absolute atomic E-state index is 11.4. The molecule has 2 aromatic rings. The highest BCUT2D eigenvalue weighted by molar-refractivity contribution is 6.74. The van der Waals surface area contributed by atoms with Crippen LogP contribution in [0.25, 0.3) is 16.8 Å². The summed E-state index contributed by atoms with van der Waals surface area (Å²) in [5, 5.41) is 22.5. The summed E-state index contributed by atoms with van der Waals surface area (Å²) in [5.74, 6) is -0.797. The van der Waals surface area contributed by atoms with E-state index in [2.05, 4.69) is 92.9 Å². The van der Waals surface area contributed by atoms with Gasteiger partial charge in [-0.1, -0.05) is 98.1 Å². The lowest BCUT2D eigenvalue weighted by molar-refractivity contribution is -0.137. The lowest BCUT2D eigenvalue weighted by Crippen LogP contribution is -2.51. The first kappa shape index (κ1) is 37.3. The van der Waals surface area contributed by atoms with Crippen LogP contribution in [-0.4, -0.2) is 50.0 Å². The van der Waals surface area contributed by atoms with Crippen molar-refractivity contribution in [2.75, 3.05) is 0 Å². The summed E-state index contributed by atoms with van der Waals surface area (Å²) in [7, 11) is -4.44. The van der Waals surface area contributed by atoms with Crippen molar-refractivity contribution in [2.45, 2.75) is 148 Å². The number of carboxylic acid groups (broad SMARTS) is 1. The number of aliphatic carboxylic acids is 1. The predicted molar refractivity (Wildman–Crippen MR) is 186 cm³/mol. The number of carbonyl (C=O) groups is 1. The normalized spacial score (nSPS) is 15.6. The van der Waals surface area contributed by atoms with E-state index in [1.165, 1.54) is 0 Å². The molecule has 0 saturated carbocycles. The molecule has 1 aromatic heterocycles. The summed E-state index contributed by atoms with van der Waals surface area (Å²) < 4.78 is 14.1. The average Bonchev–Trinajstić information content (AvgIpc) is 2.88. The molecule has 1 aromatic carbocycles. The first-order valence-corrected chi connectivity index (χ1v) is 21.9. The van der Waals surface area contributed by atoms with Crippen LogP contribution in [0.3, 0.4) is 0 Å². The monoisotopic (exact) mass is 629 g/mol. The number of aliphatic hydroxyl groups excluding tert-OH is 1. The van der Waals surface area contributed by atoms with E-state index in [4.69, 9.17) is 13.8 Å². The van der Waals surface area contributed by atoms with Gasteiger partial charge in [-0.05, 0) is 73.1 Å². The van der Waals surface area contributed by atoms with Crippen LogP contribution in [0.4, 0.5) is 0 Å². The highest BCUT2D eigenvalue weighted by Crippen LogP contribution is 2.41. The van der Waals surface area contributed by atoms with Crippen molar-refractivity contribution in [1.82, 2.24) is 4.98 Å². The fourth-order valence-corrected chi connectivity index (χ4v) is 7.19. The SMILES string of the molecule is CCCCC[C@@H](O)c1nc(/C=C/C(O[Si](C)(C)C(C)(C)C)C(CCCC(=O)O)O[Si](C)(C)C(C)(C)C)cc2ccccc12. The minimum absolute atomic E-state index is 0.00793. The van der Waals surface area contributed by atoms with Crippen molar-refractivity contribution < 1.29 is 23.9 Å². The predicted octanol–water partition coefficient (Wildman–Crippen LogP) is 9.90. The third kappa shape index (κ3) is 10.9. The summed E-state index contributed by atoms with van der Waals surface area (Å²) in [6, 6.07) is 10.2. The molecule has 0 radical (unpaired) electrons. The molecule has 43 heavy (non-hydrogen) atoms. The Hall–Kier alpha value is -1.85. The standard InChI is InChI=1S/C35H59NO5Si2/c1-12-13-14-20-29(37)33-28-19-16-15-18-26(28)25-27(36-33)23-24-31(41-43(10,11)35(5,6)7)30(21-17-22-32(38)39)40-42(8,9)34(2,3)4/h15-16,18-19,23-25,29-31,37H,12-14,17,20-22H2,1-11H3,(H,38,39)/b24-23+/t29-,30?,31?/m1/s1. The van der Waals surface area contributed by atoms with Gasteiger partial charge in [-0.15, -0.1) is 0 Å². The van der Waals surface area contributed by atoms with Crippen molar-refractivity contribution in [1.29, 1.82) is 0 Å². The molecule has 0 amide bonds. The molecular weight excluding hydrogens is 571 g/mol. The van der Waals surface area contributed by atoms with Crippen molar-refractivity contribution in [3.05, 3.63) is 47.8 Å². The average molecular weight is 630 g/mol. The topological polar surface area (TPSA) is 88.9 Å². The van der Waals surface area contributed by atoms with Gasteiger partial charge in [0.05, 0.1) is 29.7 Å².